The van der Waals surface area contributed by atoms with Crippen molar-refractivity contribution in [2.75, 3.05) is 6.61 Å². The molecule has 0 aromatic carbocycles. The van der Waals surface area contributed by atoms with E-state index in [0.29, 0.717) is 12.4 Å². The second-order valence-electron chi connectivity index (χ2n) is 2.55. The monoisotopic (exact) mass is 180 g/mol. The van der Waals surface area contributed by atoms with Gasteiger partial charge < -0.3 is 9.15 Å². The molecular weight excluding hydrogens is 168 g/mol. The summed E-state index contributed by atoms with van der Waals surface area (Å²) in [4.78, 5) is 11.2. The van der Waals surface area contributed by atoms with Crippen molar-refractivity contribution in [3.63, 3.8) is 0 Å². The molecule has 0 saturated heterocycles. The fourth-order valence-corrected chi connectivity index (χ4v) is 1.00. The quantitative estimate of drug-likeness (QED) is 0.670. The summed E-state index contributed by atoms with van der Waals surface area (Å²) in [5.41, 5.74) is 0.822. The number of ether oxygens (including phenoxy) is 1. The molecule has 0 amide bonds. The van der Waals surface area contributed by atoms with Gasteiger partial charge in [0, 0.05) is 5.56 Å². The first-order valence-electron chi connectivity index (χ1n) is 4.09. The molecule has 0 unspecified atom stereocenters. The number of rotatable bonds is 3. The Morgan fingerprint density at radius 1 is 1.77 bits per heavy atom. The first-order valence-corrected chi connectivity index (χ1v) is 4.09. The van der Waals surface area contributed by atoms with Crippen molar-refractivity contribution >= 4 is 12.0 Å². The third-order valence-corrected chi connectivity index (χ3v) is 1.65. The van der Waals surface area contributed by atoms with Crippen molar-refractivity contribution in [3.05, 3.63) is 29.7 Å². The highest BCUT2D eigenvalue weighted by Crippen LogP contribution is 2.16. The topological polar surface area (TPSA) is 39.4 Å². The van der Waals surface area contributed by atoms with Gasteiger partial charge in [0.25, 0.3) is 0 Å². The van der Waals surface area contributed by atoms with Crippen LogP contribution in [0.3, 0.4) is 0 Å². The molecule has 0 aliphatic heterocycles. The molecule has 1 aromatic heterocycles. The van der Waals surface area contributed by atoms with Crippen molar-refractivity contribution in [2.45, 2.75) is 13.8 Å². The van der Waals surface area contributed by atoms with E-state index in [2.05, 4.69) is 6.58 Å². The number of hydrogen-bond donors (Lipinski definition) is 0. The third-order valence-electron chi connectivity index (χ3n) is 1.65. The largest absolute Gasteiger partial charge is 0.460 e. The summed E-state index contributed by atoms with van der Waals surface area (Å²) in [7, 11) is 0. The van der Waals surface area contributed by atoms with Crippen LogP contribution in [0.1, 0.15) is 28.8 Å². The molecule has 0 atom stereocenters. The van der Waals surface area contributed by atoms with Gasteiger partial charge in [0.1, 0.15) is 5.76 Å². The lowest BCUT2D eigenvalue weighted by Gasteiger charge is -1.95. The molecular formula is C10H12O3. The smallest absolute Gasteiger partial charge is 0.374 e. The molecule has 0 bridgehead atoms. The molecule has 13 heavy (non-hydrogen) atoms. The molecule has 0 fully saturated rings. The van der Waals surface area contributed by atoms with Crippen molar-refractivity contribution in [2.24, 2.45) is 0 Å². The Bertz CT molecular complexity index is 323. The SMILES string of the molecule is C=Cc1cc(C(=O)OCC)oc1C. The zero-order valence-corrected chi connectivity index (χ0v) is 7.79. The van der Waals surface area contributed by atoms with Crippen LogP contribution in [0.25, 0.3) is 6.08 Å². The van der Waals surface area contributed by atoms with E-state index in [-0.39, 0.29) is 5.76 Å². The Kier molecular flexibility index (Phi) is 2.90. The van der Waals surface area contributed by atoms with Gasteiger partial charge in [-0.25, -0.2) is 4.79 Å². The molecule has 0 aliphatic carbocycles. The van der Waals surface area contributed by atoms with Gasteiger partial charge in [0.05, 0.1) is 6.61 Å². The molecule has 3 heteroatoms. The fraction of sp³-hybridized carbons (Fsp3) is 0.300. The molecule has 1 aromatic rings. The number of furan rings is 1. The highest BCUT2D eigenvalue weighted by Gasteiger charge is 2.13. The van der Waals surface area contributed by atoms with E-state index in [1.165, 1.54) is 0 Å². The second kappa shape index (κ2) is 3.94. The number of carbonyl (C=O) groups is 1. The predicted molar refractivity (Wildman–Crippen MR) is 49.5 cm³/mol. The maximum absolute atomic E-state index is 11.2. The van der Waals surface area contributed by atoms with E-state index in [1.54, 1.807) is 26.0 Å². The lowest BCUT2D eigenvalue weighted by Crippen LogP contribution is -2.02. The van der Waals surface area contributed by atoms with Crippen LogP contribution in [0.15, 0.2) is 17.1 Å². The number of carbonyl (C=O) groups excluding carboxylic acids is 1. The van der Waals surface area contributed by atoms with Gasteiger partial charge in [-0.3, -0.25) is 0 Å². The van der Waals surface area contributed by atoms with Crippen LogP contribution in [0.2, 0.25) is 0 Å². The Morgan fingerprint density at radius 2 is 2.46 bits per heavy atom. The van der Waals surface area contributed by atoms with Crippen LogP contribution in [-0.2, 0) is 4.74 Å². The molecule has 0 radical (unpaired) electrons. The number of esters is 1. The third kappa shape index (κ3) is 1.99. The van der Waals surface area contributed by atoms with E-state index < -0.39 is 5.97 Å². The summed E-state index contributed by atoms with van der Waals surface area (Å²) in [6, 6.07) is 1.63. The van der Waals surface area contributed by atoms with Gasteiger partial charge >= 0.3 is 5.97 Å². The Morgan fingerprint density at radius 3 is 2.92 bits per heavy atom. The van der Waals surface area contributed by atoms with Crippen LogP contribution < -0.4 is 0 Å². The molecule has 0 aliphatic rings. The van der Waals surface area contributed by atoms with Crippen LogP contribution in [0.4, 0.5) is 0 Å². The summed E-state index contributed by atoms with van der Waals surface area (Å²) < 4.78 is 9.95. The average Bonchev–Trinajstić information content (AvgIpc) is 2.47. The van der Waals surface area contributed by atoms with Crippen molar-refractivity contribution in [1.29, 1.82) is 0 Å². The minimum Gasteiger partial charge on any atom is -0.460 e. The van der Waals surface area contributed by atoms with Gasteiger partial charge in [-0.05, 0) is 19.9 Å². The molecule has 3 nitrogen and oxygen atoms in total. The Hall–Kier alpha value is -1.51. The summed E-state index contributed by atoms with van der Waals surface area (Å²) in [6.45, 7) is 7.48. The lowest BCUT2D eigenvalue weighted by molar-refractivity contribution is 0.0488. The normalized spacial score (nSPS) is 9.69. The van der Waals surface area contributed by atoms with Gasteiger partial charge in [0.2, 0.25) is 5.76 Å². The lowest BCUT2D eigenvalue weighted by atomic mass is 10.2. The van der Waals surface area contributed by atoms with E-state index in [0.717, 1.165) is 5.56 Å². The first kappa shape index (κ1) is 9.58. The Labute approximate surface area is 77.0 Å². The van der Waals surface area contributed by atoms with Crippen molar-refractivity contribution in [3.8, 4) is 0 Å². The zero-order valence-electron chi connectivity index (χ0n) is 7.79. The summed E-state index contributed by atoms with van der Waals surface area (Å²) >= 11 is 0. The maximum atomic E-state index is 11.2. The van der Waals surface area contributed by atoms with Crippen LogP contribution in [0, 0.1) is 6.92 Å². The highest BCUT2D eigenvalue weighted by atomic mass is 16.5. The minimum absolute atomic E-state index is 0.231. The van der Waals surface area contributed by atoms with Crippen LogP contribution in [0.5, 0.6) is 0 Å². The van der Waals surface area contributed by atoms with Gasteiger partial charge in [-0.1, -0.05) is 12.7 Å². The standard InChI is InChI=1S/C10H12O3/c1-4-8-6-9(13-7(8)3)10(11)12-5-2/h4,6H,1,5H2,2-3H3. The average molecular weight is 180 g/mol. The van der Waals surface area contributed by atoms with Gasteiger partial charge in [0.15, 0.2) is 0 Å². The highest BCUT2D eigenvalue weighted by molar-refractivity contribution is 5.87. The van der Waals surface area contributed by atoms with Gasteiger partial charge in [-0.2, -0.15) is 0 Å². The van der Waals surface area contributed by atoms with E-state index in [9.17, 15) is 4.79 Å². The number of aryl methyl sites for hydroxylation is 1. The predicted octanol–water partition coefficient (Wildman–Crippen LogP) is 2.41. The fourth-order valence-electron chi connectivity index (χ4n) is 1.00. The molecule has 1 rings (SSSR count). The molecule has 0 spiro atoms. The van der Waals surface area contributed by atoms with E-state index in [4.69, 9.17) is 9.15 Å². The molecule has 1 heterocycles. The van der Waals surface area contributed by atoms with Crippen LogP contribution in [-0.4, -0.2) is 12.6 Å². The zero-order chi connectivity index (χ0) is 9.84. The van der Waals surface area contributed by atoms with E-state index >= 15 is 0 Å². The van der Waals surface area contributed by atoms with E-state index in [1.807, 2.05) is 0 Å². The Balaban J connectivity index is 2.90. The van der Waals surface area contributed by atoms with Crippen LogP contribution >= 0.6 is 0 Å². The van der Waals surface area contributed by atoms with Gasteiger partial charge in [-0.15, -0.1) is 0 Å². The molecule has 70 valence electrons. The minimum atomic E-state index is -0.432. The van der Waals surface area contributed by atoms with Crippen molar-refractivity contribution in [1.82, 2.24) is 0 Å². The molecule has 0 saturated carbocycles. The second-order valence-corrected chi connectivity index (χ2v) is 2.55. The van der Waals surface area contributed by atoms with Crippen molar-refractivity contribution < 1.29 is 13.9 Å². The summed E-state index contributed by atoms with van der Waals surface area (Å²) in [6.07, 6.45) is 1.64. The molecule has 0 N–H and O–H groups in total. The maximum Gasteiger partial charge on any atom is 0.374 e. The number of hydrogen-bond acceptors (Lipinski definition) is 3. The first-order chi connectivity index (χ1) is 6.19. The summed E-state index contributed by atoms with van der Waals surface area (Å²) in [5, 5.41) is 0. The summed E-state index contributed by atoms with van der Waals surface area (Å²) in [5.74, 6) is 0.478.